The predicted molar refractivity (Wildman–Crippen MR) is 69.8 cm³/mol. The van der Waals surface area contributed by atoms with Crippen molar-refractivity contribution >= 4 is 11.5 Å². The molecule has 2 N–H and O–H groups in total. The van der Waals surface area contributed by atoms with Gasteiger partial charge in [-0.2, -0.15) is 17.7 Å². The zero-order valence-electron chi connectivity index (χ0n) is 11.4. The first-order valence-electron chi connectivity index (χ1n) is 6.68. The van der Waals surface area contributed by atoms with Gasteiger partial charge >= 0.3 is 6.18 Å². The highest BCUT2D eigenvalue weighted by Crippen LogP contribution is 2.28. The summed E-state index contributed by atoms with van der Waals surface area (Å²) in [5, 5.41) is 10.7. The number of aromatic nitrogens is 4. The van der Waals surface area contributed by atoms with Gasteiger partial charge in [0.1, 0.15) is 5.82 Å². The van der Waals surface area contributed by atoms with Crippen LogP contribution >= 0.6 is 0 Å². The molecule has 1 aliphatic rings. The lowest BCUT2D eigenvalue weighted by molar-refractivity contribution is -0.146. The number of alkyl halides is 3. The minimum atomic E-state index is -4.58. The van der Waals surface area contributed by atoms with Crippen LogP contribution < -0.4 is 10.6 Å². The van der Waals surface area contributed by atoms with E-state index in [1.807, 2.05) is 11.8 Å². The Kier molecular flexibility index (Phi) is 3.23. The quantitative estimate of drug-likeness (QED) is 0.863. The third-order valence-electron chi connectivity index (χ3n) is 3.71. The van der Waals surface area contributed by atoms with Gasteiger partial charge in [0.15, 0.2) is 5.65 Å². The molecule has 3 rings (SSSR count). The fraction of sp³-hybridized carbons (Fsp3) is 0.583. The van der Waals surface area contributed by atoms with E-state index < -0.39 is 12.0 Å². The normalized spacial score (nSPS) is 23.8. The van der Waals surface area contributed by atoms with Crippen molar-refractivity contribution < 1.29 is 13.2 Å². The van der Waals surface area contributed by atoms with Crippen LogP contribution in [0.1, 0.15) is 25.6 Å². The summed E-state index contributed by atoms with van der Waals surface area (Å²) in [6, 6.07) is 3.41. The third-order valence-corrected chi connectivity index (χ3v) is 3.71. The van der Waals surface area contributed by atoms with Gasteiger partial charge in [-0.3, -0.25) is 0 Å². The maximum absolute atomic E-state index is 12.9. The number of halogens is 3. The first kappa shape index (κ1) is 14.1. The summed E-state index contributed by atoms with van der Waals surface area (Å²) < 4.78 is 39.3. The maximum atomic E-state index is 12.9. The van der Waals surface area contributed by atoms with Crippen molar-refractivity contribution in [3.8, 4) is 0 Å². The van der Waals surface area contributed by atoms with Crippen LogP contribution in [0.25, 0.3) is 5.65 Å². The van der Waals surface area contributed by atoms with Crippen LogP contribution in [0.4, 0.5) is 19.0 Å². The molecule has 0 aliphatic carbocycles. The topological polar surface area (TPSA) is 72.3 Å². The average Bonchev–Trinajstić information content (AvgIpc) is 2.81. The molecular formula is C12H15F3N6. The Balaban J connectivity index is 2.00. The Bertz CT molecular complexity index is 652. The zero-order valence-corrected chi connectivity index (χ0v) is 11.4. The summed E-state index contributed by atoms with van der Waals surface area (Å²) in [5.74, 6) is -0.632. The largest absolute Gasteiger partial charge is 0.453 e. The highest BCUT2D eigenvalue weighted by Gasteiger charge is 2.38. The van der Waals surface area contributed by atoms with Gasteiger partial charge in [0, 0.05) is 18.6 Å². The molecule has 2 unspecified atom stereocenters. The number of anilines is 1. The van der Waals surface area contributed by atoms with Gasteiger partial charge in [0.2, 0.25) is 0 Å². The van der Waals surface area contributed by atoms with Crippen LogP contribution in [0, 0.1) is 0 Å². The summed E-state index contributed by atoms with van der Waals surface area (Å²) in [7, 11) is 0. The second-order valence-corrected chi connectivity index (χ2v) is 5.31. The molecule has 1 fully saturated rings. The molecule has 0 radical (unpaired) electrons. The number of nitrogens with zero attached hydrogens (tertiary/aromatic N) is 5. The van der Waals surface area contributed by atoms with Gasteiger partial charge in [-0.1, -0.05) is 0 Å². The number of hydrogen-bond acceptors (Lipinski definition) is 5. The molecule has 0 bridgehead atoms. The monoisotopic (exact) mass is 300 g/mol. The average molecular weight is 300 g/mol. The second kappa shape index (κ2) is 4.83. The number of piperidine rings is 1. The number of hydrogen-bond donors (Lipinski definition) is 1. The van der Waals surface area contributed by atoms with E-state index in [0.29, 0.717) is 12.4 Å². The van der Waals surface area contributed by atoms with Crippen molar-refractivity contribution in [2.75, 3.05) is 11.4 Å². The second-order valence-electron chi connectivity index (χ2n) is 5.31. The van der Waals surface area contributed by atoms with Crippen molar-refractivity contribution in [3.63, 3.8) is 0 Å². The molecule has 0 aromatic carbocycles. The standard InChI is InChI=1S/C12H15F3N6/c1-7-6-8(16)4-5-20(7)10-3-2-9-17-18-11(12(13,14)15)21(9)19-10/h2-3,7-8H,4-6,16H2,1H3. The first-order valence-corrected chi connectivity index (χ1v) is 6.68. The number of rotatable bonds is 1. The fourth-order valence-electron chi connectivity index (χ4n) is 2.66. The van der Waals surface area contributed by atoms with E-state index >= 15 is 0 Å². The summed E-state index contributed by atoms with van der Waals surface area (Å²) in [5.41, 5.74) is 5.98. The molecule has 0 amide bonds. The van der Waals surface area contributed by atoms with Crippen molar-refractivity contribution in [1.29, 1.82) is 0 Å². The van der Waals surface area contributed by atoms with Gasteiger partial charge in [0.05, 0.1) is 0 Å². The highest BCUT2D eigenvalue weighted by molar-refractivity contribution is 5.47. The minimum Gasteiger partial charge on any atom is -0.352 e. The fourth-order valence-corrected chi connectivity index (χ4v) is 2.66. The van der Waals surface area contributed by atoms with Crippen LogP contribution in [0.15, 0.2) is 12.1 Å². The molecule has 114 valence electrons. The van der Waals surface area contributed by atoms with Crippen molar-refractivity contribution in [1.82, 2.24) is 19.8 Å². The van der Waals surface area contributed by atoms with E-state index in [1.165, 1.54) is 6.07 Å². The lowest BCUT2D eigenvalue weighted by atomic mass is 9.99. The molecule has 1 aliphatic heterocycles. The smallest absolute Gasteiger partial charge is 0.352 e. The Labute approximate surface area is 118 Å². The molecular weight excluding hydrogens is 285 g/mol. The third kappa shape index (κ3) is 2.53. The maximum Gasteiger partial charge on any atom is 0.453 e. The Morgan fingerprint density at radius 3 is 2.71 bits per heavy atom. The lowest BCUT2D eigenvalue weighted by Gasteiger charge is -2.37. The molecule has 2 aromatic heterocycles. The van der Waals surface area contributed by atoms with Crippen molar-refractivity contribution in [3.05, 3.63) is 18.0 Å². The van der Waals surface area contributed by atoms with Crippen LogP contribution in [0.2, 0.25) is 0 Å². The number of nitrogens with two attached hydrogens (primary N) is 1. The van der Waals surface area contributed by atoms with Gasteiger partial charge in [-0.05, 0) is 31.9 Å². The van der Waals surface area contributed by atoms with E-state index in [2.05, 4.69) is 15.3 Å². The van der Waals surface area contributed by atoms with E-state index in [4.69, 9.17) is 5.73 Å². The predicted octanol–water partition coefficient (Wildman–Crippen LogP) is 1.46. The SMILES string of the molecule is CC1CC(N)CCN1c1ccc2nnc(C(F)(F)F)n2n1. The van der Waals surface area contributed by atoms with Crippen LogP contribution in [-0.2, 0) is 6.18 Å². The van der Waals surface area contributed by atoms with E-state index in [0.717, 1.165) is 17.4 Å². The van der Waals surface area contributed by atoms with Crippen LogP contribution in [0.3, 0.4) is 0 Å². The van der Waals surface area contributed by atoms with Crippen molar-refractivity contribution in [2.24, 2.45) is 5.73 Å². The van der Waals surface area contributed by atoms with E-state index in [-0.39, 0.29) is 17.7 Å². The summed E-state index contributed by atoms with van der Waals surface area (Å²) in [4.78, 5) is 1.96. The first-order chi connectivity index (χ1) is 9.86. The molecule has 6 nitrogen and oxygen atoms in total. The number of fused-ring (bicyclic) bond motifs is 1. The molecule has 21 heavy (non-hydrogen) atoms. The zero-order chi connectivity index (χ0) is 15.2. The Morgan fingerprint density at radius 1 is 1.29 bits per heavy atom. The Hall–Kier alpha value is -1.90. The molecule has 1 saturated heterocycles. The molecule has 2 atom stereocenters. The van der Waals surface area contributed by atoms with Gasteiger partial charge < -0.3 is 10.6 Å². The molecule has 0 saturated carbocycles. The van der Waals surface area contributed by atoms with Crippen molar-refractivity contribution in [2.45, 2.75) is 38.0 Å². The van der Waals surface area contributed by atoms with Crippen LogP contribution in [0.5, 0.6) is 0 Å². The lowest BCUT2D eigenvalue weighted by Crippen LogP contribution is -2.46. The summed E-state index contributed by atoms with van der Waals surface area (Å²) in [6.45, 7) is 2.66. The van der Waals surface area contributed by atoms with Gasteiger partial charge in [0.25, 0.3) is 5.82 Å². The molecule has 9 heteroatoms. The Morgan fingerprint density at radius 2 is 2.05 bits per heavy atom. The van der Waals surface area contributed by atoms with Gasteiger partial charge in [-0.25, -0.2) is 0 Å². The molecule has 2 aromatic rings. The van der Waals surface area contributed by atoms with Gasteiger partial charge in [-0.15, -0.1) is 15.3 Å². The van der Waals surface area contributed by atoms with E-state index in [9.17, 15) is 13.2 Å². The van der Waals surface area contributed by atoms with Crippen LogP contribution in [-0.4, -0.2) is 38.4 Å². The van der Waals surface area contributed by atoms with E-state index in [1.54, 1.807) is 6.07 Å². The summed E-state index contributed by atoms with van der Waals surface area (Å²) >= 11 is 0. The molecule has 0 spiro atoms. The highest BCUT2D eigenvalue weighted by atomic mass is 19.4. The minimum absolute atomic E-state index is 0.0763. The summed E-state index contributed by atoms with van der Waals surface area (Å²) in [6.07, 6.45) is -3.01. The molecule has 3 heterocycles.